The van der Waals surface area contributed by atoms with Crippen LogP contribution in [0.3, 0.4) is 0 Å². The number of hydrogen-bond donors (Lipinski definition) is 2. The zero-order chi connectivity index (χ0) is 14.5. The number of anilines is 1. The number of amides is 1. The van der Waals surface area contributed by atoms with E-state index in [-0.39, 0.29) is 18.2 Å². The number of nitrogens with one attached hydrogen (secondary N) is 1. The number of carbonyl (C=O) groups excluding carboxylic acids is 1. The van der Waals surface area contributed by atoms with Crippen LogP contribution in [0.25, 0.3) is 0 Å². The van der Waals surface area contributed by atoms with Crippen molar-refractivity contribution in [1.82, 2.24) is 4.90 Å². The summed E-state index contributed by atoms with van der Waals surface area (Å²) in [6.07, 6.45) is 1.03. The average molecular weight is 341 g/mol. The van der Waals surface area contributed by atoms with Gasteiger partial charge in [-0.15, -0.1) is 0 Å². The quantitative estimate of drug-likeness (QED) is 0.861. The maximum Gasteiger partial charge on any atom is 0.303 e. The van der Waals surface area contributed by atoms with Gasteiger partial charge in [-0.25, -0.2) is 0 Å². The Morgan fingerprint density at radius 2 is 2.25 bits per heavy atom. The second-order valence-electron chi connectivity index (χ2n) is 5.05. The molecule has 1 amide bonds. The van der Waals surface area contributed by atoms with Crippen molar-refractivity contribution in [2.45, 2.75) is 12.8 Å². The van der Waals surface area contributed by atoms with Gasteiger partial charge in [0.05, 0.1) is 6.54 Å². The Labute approximate surface area is 126 Å². The van der Waals surface area contributed by atoms with E-state index < -0.39 is 5.97 Å². The Balaban J connectivity index is 1.79. The molecule has 108 valence electrons. The first-order valence-electron chi connectivity index (χ1n) is 6.52. The first-order valence-corrected chi connectivity index (χ1v) is 7.32. The third-order valence-electron chi connectivity index (χ3n) is 3.31. The van der Waals surface area contributed by atoms with Gasteiger partial charge in [-0.05, 0) is 37.1 Å². The molecular formula is C14H17BrN2O3. The molecule has 1 saturated heterocycles. The van der Waals surface area contributed by atoms with Crippen molar-refractivity contribution >= 4 is 33.5 Å². The van der Waals surface area contributed by atoms with Gasteiger partial charge in [-0.1, -0.05) is 22.0 Å². The first kappa shape index (κ1) is 15.0. The molecule has 0 aliphatic carbocycles. The molecule has 1 atom stereocenters. The third kappa shape index (κ3) is 4.61. The highest BCUT2D eigenvalue weighted by atomic mass is 79.9. The summed E-state index contributed by atoms with van der Waals surface area (Å²) in [6.45, 7) is 1.77. The van der Waals surface area contributed by atoms with Crippen LogP contribution in [0.5, 0.6) is 0 Å². The summed E-state index contributed by atoms with van der Waals surface area (Å²) >= 11 is 3.35. The summed E-state index contributed by atoms with van der Waals surface area (Å²) in [4.78, 5) is 24.6. The van der Waals surface area contributed by atoms with Crippen LogP contribution in [0.2, 0.25) is 0 Å². The van der Waals surface area contributed by atoms with E-state index in [9.17, 15) is 9.59 Å². The number of carbonyl (C=O) groups is 2. The van der Waals surface area contributed by atoms with Crippen LogP contribution in [-0.2, 0) is 9.59 Å². The lowest BCUT2D eigenvalue weighted by Gasteiger charge is -2.15. The zero-order valence-electron chi connectivity index (χ0n) is 11.0. The van der Waals surface area contributed by atoms with Crippen LogP contribution in [-0.4, -0.2) is 41.5 Å². The van der Waals surface area contributed by atoms with Gasteiger partial charge in [0.25, 0.3) is 0 Å². The number of hydrogen-bond acceptors (Lipinski definition) is 3. The maximum absolute atomic E-state index is 11.9. The van der Waals surface area contributed by atoms with E-state index in [2.05, 4.69) is 21.2 Å². The SMILES string of the molecule is O=C(O)CC1CCN(CC(=O)Nc2cccc(Br)c2)C1. The van der Waals surface area contributed by atoms with Crippen molar-refractivity contribution in [3.8, 4) is 0 Å². The van der Waals surface area contributed by atoms with Crippen molar-refractivity contribution in [3.05, 3.63) is 28.7 Å². The Hall–Kier alpha value is -1.40. The molecule has 20 heavy (non-hydrogen) atoms. The fourth-order valence-corrected chi connectivity index (χ4v) is 2.84. The average Bonchev–Trinajstić information content (AvgIpc) is 2.75. The second-order valence-corrected chi connectivity index (χ2v) is 5.96. The van der Waals surface area contributed by atoms with Crippen LogP contribution in [0.1, 0.15) is 12.8 Å². The molecule has 2 N–H and O–H groups in total. The van der Waals surface area contributed by atoms with Crippen LogP contribution in [0.15, 0.2) is 28.7 Å². The summed E-state index contributed by atoms with van der Waals surface area (Å²) in [5, 5.41) is 11.6. The van der Waals surface area contributed by atoms with Gasteiger partial charge in [0.15, 0.2) is 0 Å². The molecule has 1 fully saturated rings. The molecular weight excluding hydrogens is 324 g/mol. The number of halogens is 1. The Morgan fingerprint density at radius 1 is 1.45 bits per heavy atom. The Bertz CT molecular complexity index is 507. The largest absolute Gasteiger partial charge is 0.481 e. The van der Waals surface area contributed by atoms with Gasteiger partial charge in [-0.2, -0.15) is 0 Å². The van der Waals surface area contributed by atoms with Gasteiger partial charge in [0.2, 0.25) is 5.91 Å². The lowest BCUT2D eigenvalue weighted by Crippen LogP contribution is -2.31. The predicted molar refractivity (Wildman–Crippen MR) is 79.6 cm³/mol. The van der Waals surface area contributed by atoms with Gasteiger partial charge >= 0.3 is 5.97 Å². The lowest BCUT2D eigenvalue weighted by atomic mass is 10.1. The first-order chi connectivity index (χ1) is 9.52. The zero-order valence-corrected chi connectivity index (χ0v) is 12.6. The molecule has 1 unspecified atom stereocenters. The molecule has 0 saturated carbocycles. The summed E-state index contributed by atoms with van der Waals surface area (Å²) < 4.78 is 0.915. The Morgan fingerprint density at radius 3 is 2.95 bits per heavy atom. The monoisotopic (exact) mass is 340 g/mol. The topological polar surface area (TPSA) is 69.6 Å². The van der Waals surface area contributed by atoms with E-state index >= 15 is 0 Å². The highest BCUT2D eigenvalue weighted by molar-refractivity contribution is 9.10. The molecule has 0 radical (unpaired) electrons. The fraction of sp³-hybridized carbons (Fsp3) is 0.429. The molecule has 1 aliphatic heterocycles. The van der Waals surface area contributed by atoms with E-state index in [1.165, 1.54) is 0 Å². The minimum Gasteiger partial charge on any atom is -0.481 e. The Kier molecular flexibility index (Phi) is 5.14. The number of nitrogens with zero attached hydrogens (tertiary/aromatic N) is 1. The molecule has 1 aliphatic rings. The molecule has 1 aromatic rings. The summed E-state index contributed by atoms with van der Waals surface area (Å²) in [5.74, 6) is -0.680. The van der Waals surface area contributed by atoms with Crippen molar-refractivity contribution < 1.29 is 14.7 Å². The van der Waals surface area contributed by atoms with E-state index in [4.69, 9.17) is 5.11 Å². The molecule has 0 aromatic heterocycles. The second kappa shape index (κ2) is 6.85. The standard InChI is InChI=1S/C14H17BrN2O3/c15-11-2-1-3-12(7-11)16-13(18)9-17-5-4-10(8-17)6-14(19)20/h1-3,7,10H,4-6,8-9H2,(H,16,18)(H,19,20). The fourth-order valence-electron chi connectivity index (χ4n) is 2.44. The van der Waals surface area contributed by atoms with Gasteiger partial charge < -0.3 is 10.4 Å². The van der Waals surface area contributed by atoms with Gasteiger partial charge in [0.1, 0.15) is 0 Å². The summed E-state index contributed by atoms with van der Waals surface area (Å²) in [6, 6.07) is 7.43. The highest BCUT2D eigenvalue weighted by Crippen LogP contribution is 2.20. The minimum atomic E-state index is -0.768. The number of likely N-dealkylation sites (tertiary alicyclic amines) is 1. The molecule has 6 heteroatoms. The van der Waals surface area contributed by atoms with Crippen LogP contribution in [0, 0.1) is 5.92 Å². The number of carboxylic acid groups (broad SMARTS) is 1. The summed E-state index contributed by atoms with van der Waals surface area (Å²) in [7, 11) is 0. The van der Waals surface area contributed by atoms with Crippen LogP contribution < -0.4 is 5.32 Å². The smallest absolute Gasteiger partial charge is 0.303 e. The predicted octanol–water partition coefficient (Wildman–Crippen LogP) is 2.18. The van der Waals surface area contributed by atoms with Crippen LogP contribution >= 0.6 is 15.9 Å². The maximum atomic E-state index is 11.9. The third-order valence-corrected chi connectivity index (χ3v) is 3.80. The molecule has 5 nitrogen and oxygen atoms in total. The molecule has 1 aromatic carbocycles. The lowest BCUT2D eigenvalue weighted by molar-refractivity contribution is -0.138. The van der Waals surface area contributed by atoms with E-state index in [0.29, 0.717) is 13.1 Å². The number of aliphatic carboxylic acids is 1. The number of carboxylic acids is 1. The van der Waals surface area contributed by atoms with Crippen molar-refractivity contribution in [2.75, 3.05) is 25.0 Å². The van der Waals surface area contributed by atoms with Gasteiger partial charge in [-0.3, -0.25) is 14.5 Å². The molecule has 1 heterocycles. The highest BCUT2D eigenvalue weighted by Gasteiger charge is 2.25. The van der Waals surface area contributed by atoms with E-state index in [1.54, 1.807) is 0 Å². The number of benzene rings is 1. The van der Waals surface area contributed by atoms with Crippen molar-refractivity contribution in [3.63, 3.8) is 0 Å². The van der Waals surface area contributed by atoms with Gasteiger partial charge in [0, 0.05) is 23.1 Å². The van der Waals surface area contributed by atoms with E-state index in [0.717, 1.165) is 23.1 Å². The van der Waals surface area contributed by atoms with Crippen molar-refractivity contribution in [2.24, 2.45) is 5.92 Å². The van der Waals surface area contributed by atoms with Crippen LogP contribution in [0.4, 0.5) is 5.69 Å². The minimum absolute atomic E-state index is 0.0703. The molecule has 0 bridgehead atoms. The molecule has 2 rings (SSSR count). The van der Waals surface area contributed by atoms with Crippen molar-refractivity contribution in [1.29, 1.82) is 0 Å². The number of rotatable bonds is 5. The molecule has 0 spiro atoms. The van der Waals surface area contributed by atoms with E-state index in [1.807, 2.05) is 29.2 Å². The normalized spacial score (nSPS) is 18.9. The summed E-state index contributed by atoms with van der Waals surface area (Å²) in [5.41, 5.74) is 0.755.